The molecular weight excluding hydrogens is 276 g/mol. The highest BCUT2D eigenvalue weighted by Crippen LogP contribution is 2.32. The summed E-state index contributed by atoms with van der Waals surface area (Å²) in [6, 6.07) is 6.33. The van der Waals surface area contributed by atoms with Crippen molar-refractivity contribution in [1.82, 2.24) is 5.32 Å². The molecule has 0 bridgehead atoms. The largest absolute Gasteiger partial charge is 0.383 e. The average molecular weight is 304 g/mol. The lowest BCUT2D eigenvalue weighted by Gasteiger charge is -2.30. The first-order valence-electron chi connectivity index (χ1n) is 8.01. The Morgan fingerprint density at radius 1 is 1.45 bits per heavy atom. The molecule has 2 unspecified atom stereocenters. The van der Waals surface area contributed by atoms with Crippen molar-refractivity contribution >= 4 is 5.91 Å². The molecule has 4 heteroatoms. The molecule has 0 saturated heterocycles. The van der Waals surface area contributed by atoms with E-state index in [4.69, 9.17) is 10.5 Å². The van der Waals surface area contributed by atoms with E-state index < -0.39 is 0 Å². The molecule has 1 aromatic rings. The molecule has 2 atom stereocenters. The lowest BCUT2D eigenvalue weighted by Crippen LogP contribution is -2.38. The quantitative estimate of drug-likeness (QED) is 0.899. The third kappa shape index (κ3) is 3.87. The molecule has 0 fully saturated rings. The highest BCUT2D eigenvalue weighted by Gasteiger charge is 2.27. The van der Waals surface area contributed by atoms with Gasteiger partial charge in [0.2, 0.25) is 5.91 Å². The molecule has 0 heterocycles. The minimum atomic E-state index is -0.373. The summed E-state index contributed by atoms with van der Waals surface area (Å²) in [5, 5.41) is 3.20. The molecule has 1 amide bonds. The molecule has 0 aromatic heterocycles. The standard InChI is InChI=1S/C18H28N2O2/c1-18(2,3)17(21)20-16-7-5-6-12-8-9-13(10-14(12)16)15(19)11-22-4/h8-10,15-16H,5-7,11,19H2,1-4H3,(H,20,21). The summed E-state index contributed by atoms with van der Waals surface area (Å²) >= 11 is 0. The van der Waals surface area contributed by atoms with E-state index in [9.17, 15) is 4.79 Å². The van der Waals surface area contributed by atoms with Crippen LogP contribution in [0.5, 0.6) is 0 Å². The Balaban J connectivity index is 2.24. The van der Waals surface area contributed by atoms with Crippen LogP contribution in [0, 0.1) is 5.41 Å². The van der Waals surface area contributed by atoms with Gasteiger partial charge in [-0.1, -0.05) is 39.0 Å². The van der Waals surface area contributed by atoms with Gasteiger partial charge in [-0.25, -0.2) is 0 Å². The van der Waals surface area contributed by atoms with Gasteiger partial charge in [-0.05, 0) is 36.0 Å². The van der Waals surface area contributed by atoms with Crippen molar-refractivity contribution in [2.75, 3.05) is 13.7 Å². The lowest BCUT2D eigenvalue weighted by atomic mass is 9.84. The van der Waals surface area contributed by atoms with Crippen LogP contribution >= 0.6 is 0 Å². The van der Waals surface area contributed by atoms with E-state index in [2.05, 4.69) is 23.5 Å². The van der Waals surface area contributed by atoms with Gasteiger partial charge >= 0.3 is 0 Å². The first-order valence-corrected chi connectivity index (χ1v) is 8.01. The predicted octanol–water partition coefficient (Wildman–Crippen LogP) is 2.87. The number of carbonyl (C=O) groups is 1. The van der Waals surface area contributed by atoms with Crippen LogP contribution in [0.3, 0.4) is 0 Å². The van der Waals surface area contributed by atoms with Gasteiger partial charge in [0.25, 0.3) is 0 Å². The predicted molar refractivity (Wildman–Crippen MR) is 88.5 cm³/mol. The molecule has 0 saturated carbocycles. The fourth-order valence-corrected chi connectivity index (χ4v) is 2.85. The Hall–Kier alpha value is -1.39. The number of rotatable bonds is 4. The SMILES string of the molecule is COCC(N)c1ccc2c(c1)C(NC(=O)C(C)(C)C)CCC2. The molecule has 3 N–H and O–H groups in total. The Kier molecular flexibility index (Phi) is 5.24. The maximum absolute atomic E-state index is 12.3. The van der Waals surface area contributed by atoms with Crippen molar-refractivity contribution < 1.29 is 9.53 Å². The van der Waals surface area contributed by atoms with Crippen molar-refractivity contribution in [3.63, 3.8) is 0 Å². The fraction of sp³-hybridized carbons (Fsp3) is 0.611. The van der Waals surface area contributed by atoms with Crippen LogP contribution in [0.25, 0.3) is 0 Å². The van der Waals surface area contributed by atoms with E-state index in [1.54, 1.807) is 7.11 Å². The van der Waals surface area contributed by atoms with E-state index in [-0.39, 0.29) is 23.4 Å². The molecule has 122 valence electrons. The highest BCUT2D eigenvalue weighted by molar-refractivity contribution is 5.81. The molecule has 2 rings (SSSR count). The molecule has 1 aromatic carbocycles. The third-order valence-electron chi connectivity index (χ3n) is 4.25. The number of methoxy groups -OCH3 is 1. The minimum absolute atomic E-state index is 0.0881. The monoisotopic (exact) mass is 304 g/mol. The van der Waals surface area contributed by atoms with Gasteiger partial charge in [0, 0.05) is 12.5 Å². The Labute approximate surface area is 133 Å². The zero-order chi connectivity index (χ0) is 16.3. The second-order valence-electron chi connectivity index (χ2n) is 7.19. The summed E-state index contributed by atoms with van der Waals surface area (Å²) in [5.74, 6) is 0.0944. The van der Waals surface area contributed by atoms with E-state index in [0.29, 0.717) is 6.61 Å². The van der Waals surface area contributed by atoms with Crippen molar-refractivity contribution in [3.05, 3.63) is 34.9 Å². The summed E-state index contributed by atoms with van der Waals surface area (Å²) in [5.41, 5.74) is 9.37. The molecule has 4 nitrogen and oxygen atoms in total. The molecule has 0 spiro atoms. The first-order chi connectivity index (χ1) is 10.3. The van der Waals surface area contributed by atoms with Crippen molar-refractivity contribution in [1.29, 1.82) is 0 Å². The van der Waals surface area contributed by atoms with Gasteiger partial charge in [0.1, 0.15) is 0 Å². The Morgan fingerprint density at radius 3 is 2.82 bits per heavy atom. The Morgan fingerprint density at radius 2 is 2.18 bits per heavy atom. The summed E-state index contributed by atoms with van der Waals surface area (Å²) in [7, 11) is 1.66. The third-order valence-corrected chi connectivity index (χ3v) is 4.25. The summed E-state index contributed by atoms with van der Waals surface area (Å²) < 4.78 is 5.14. The number of nitrogens with one attached hydrogen (secondary N) is 1. The van der Waals surface area contributed by atoms with E-state index in [1.165, 1.54) is 11.1 Å². The smallest absolute Gasteiger partial charge is 0.225 e. The maximum atomic E-state index is 12.3. The number of hydrogen-bond donors (Lipinski definition) is 2. The van der Waals surface area contributed by atoms with E-state index in [0.717, 1.165) is 24.8 Å². The van der Waals surface area contributed by atoms with Gasteiger partial charge < -0.3 is 15.8 Å². The number of aryl methyl sites for hydroxylation is 1. The minimum Gasteiger partial charge on any atom is -0.383 e. The number of benzene rings is 1. The van der Waals surface area contributed by atoms with Crippen molar-refractivity contribution in [2.45, 2.75) is 52.1 Å². The van der Waals surface area contributed by atoms with Gasteiger partial charge in [-0.3, -0.25) is 4.79 Å². The van der Waals surface area contributed by atoms with Crippen LogP contribution in [-0.4, -0.2) is 19.6 Å². The summed E-state index contributed by atoms with van der Waals surface area (Å²) in [6.45, 7) is 6.32. The second kappa shape index (κ2) is 6.80. The number of fused-ring (bicyclic) bond motifs is 1. The number of carbonyl (C=O) groups excluding carboxylic acids is 1. The zero-order valence-corrected chi connectivity index (χ0v) is 14.1. The van der Waals surface area contributed by atoms with Gasteiger partial charge in [0.15, 0.2) is 0 Å². The number of ether oxygens (including phenoxy) is 1. The fourth-order valence-electron chi connectivity index (χ4n) is 2.85. The van der Waals surface area contributed by atoms with Crippen molar-refractivity contribution in [3.8, 4) is 0 Å². The van der Waals surface area contributed by atoms with E-state index in [1.807, 2.05) is 20.8 Å². The van der Waals surface area contributed by atoms with E-state index >= 15 is 0 Å². The van der Waals surface area contributed by atoms with Gasteiger partial charge in [0.05, 0.1) is 18.7 Å². The molecule has 0 radical (unpaired) electrons. The molecule has 0 aliphatic heterocycles. The van der Waals surface area contributed by atoms with Crippen LogP contribution in [0.2, 0.25) is 0 Å². The topological polar surface area (TPSA) is 64.3 Å². The zero-order valence-electron chi connectivity index (χ0n) is 14.1. The Bertz CT molecular complexity index is 534. The van der Waals surface area contributed by atoms with Gasteiger partial charge in [-0.15, -0.1) is 0 Å². The highest BCUT2D eigenvalue weighted by atomic mass is 16.5. The van der Waals surface area contributed by atoms with Crippen LogP contribution in [0.1, 0.15) is 62.4 Å². The molecule has 1 aliphatic rings. The van der Waals surface area contributed by atoms with Crippen molar-refractivity contribution in [2.24, 2.45) is 11.1 Å². The first kappa shape index (κ1) is 17.0. The summed E-state index contributed by atoms with van der Waals surface area (Å²) in [4.78, 5) is 12.3. The molecular formula is C18H28N2O2. The molecule has 1 aliphatic carbocycles. The number of hydrogen-bond acceptors (Lipinski definition) is 3. The van der Waals surface area contributed by atoms with Crippen LogP contribution in [0.15, 0.2) is 18.2 Å². The average Bonchev–Trinajstić information content (AvgIpc) is 2.46. The van der Waals surface area contributed by atoms with Crippen LogP contribution in [0.4, 0.5) is 0 Å². The molecule has 22 heavy (non-hydrogen) atoms. The van der Waals surface area contributed by atoms with Crippen LogP contribution < -0.4 is 11.1 Å². The van der Waals surface area contributed by atoms with Crippen LogP contribution in [-0.2, 0) is 16.0 Å². The number of amides is 1. The van der Waals surface area contributed by atoms with Gasteiger partial charge in [-0.2, -0.15) is 0 Å². The number of nitrogens with two attached hydrogens (primary N) is 1. The lowest BCUT2D eigenvalue weighted by molar-refractivity contribution is -0.129. The second-order valence-corrected chi connectivity index (χ2v) is 7.19. The normalized spacial score (nSPS) is 19.4. The summed E-state index contributed by atoms with van der Waals surface area (Å²) in [6.07, 6.45) is 3.15. The maximum Gasteiger partial charge on any atom is 0.225 e.